The minimum absolute atomic E-state index is 0.0504. The molecule has 2 saturated heterocycles. The molecule has 3 aliphatic heterocycles. The van der Waals surface area contributed by atoms with Crippen LogP contribution in [0, 0.1) is 0 Å². The van der Waals surface area contributed by atoms with Crippen molar-refractivity contribution in [2.75, 3.05) is 13.1 Å². The van der Waals surface area contributed by atoms with E-state index in [1.165, 1.54) is 5.56 Å². The highest BCUT2D eigenvalue weighted by atomic mass is 35.5. The Morgan fingerprint density at radius 3 is 2.71 bits per heavy atom. The van der Waals surface area contributed by atoms with Gasteiger partial charge in [-0.2, -0.15) is 4.40 Å². The van der Waals surface area contributed by atoms with Crippen molar-refractivity contribution in [3.63, 3.8) is 0 Å². The summed E-state index contributed by atoms with van der Waals surface area (Å²) in [6, 6.07) is 14.6. The smallest absolute Gasteiger partial charge is 0.243 e. The number of amidine groups is 1. The van der Waals surface area contributed by atoms with Crippen LogP contribution in [0.5, 0.6) is 0 Å². The molecule has 0 aromatic heterocycles. The Labute approximate surface area is 255 Å². The molecular weight excluding hydrogens is 583 g/mol. The quantitative estimate of drug-likeness (QED) is 0.301. The molecule has 220 valence electrons. The molecule has 0 spiro atoms. The van der Waals surface area contributed by atoms with Gasteiger partial charge in [0.2, 0.25) is 11.8 Å². The lowest BCUT2D eigenvalue weighted by Crippen LogP contribution is -2.53. The molecule has 2 fully saturated rings. The zero-order valence-electron chi connectivity index (χ0n) is 22.7. The topological polar surface area (TPSA) is 123 Å². The fourth-order valence-electron chi connectivity index (χ4n) is 5.98. The first-order valence-electron chi connectivity index (χ1n) is 14.0. The third-order valence-corrected chi connectivity index (χ3v) is 9.44. The van der Waals surface area contributed by atoms with Gasteiger partial charge in [0.15, 0.2) is 5.56 Å². The summed E-state index contributed by atoms with van der Waals surface area (Å²) in [6.45, 7) is 1.40. The van der Waals surface area contributed by atoms with Crippen molar-refractivity contribution >= 4 is 52.8 Å². The van der Waals surface area contributed by atoms with E-state index < -0.39 is 11.6 Å². The first kappa shape index (κ1) is 30.1. The maximum atomic E-state index is 14.1. The Kier molecular flexibility index (Phi) is 10.1. The SMILES string of the molecule is N[C@@H]1C[C@H]2C(=O)N([C@H](CCC3=NSC(O)N3)C(=O)NCc3ccc(Cl)c(Cl)c3)CCC(CCc3ccccc3)N2C1. The van der Waals surface area contributed by atoms with Gasteiger partial charge in [0.05, 0.1) is 16.1 Å². The van der Waals surface area contributed by atoms with Crippen LogP contribution in [-0.2, 0) is 22.6 Å². The van der Waals surface area contributed by atoms with Crippen molar-refractivity contribution in [2.45, 2.75) is 74.8 Å². The highest BCUT2D eigenvalue weighted by Gasteiger charge is 2.45. The van der Waals surface area contributed by atoms with Crippen molar-refractivity contribution < 1.29 is 14.7 Å². The average molecular weight is 620 g/mol. The molecular formula is C29H36Cl2N6O3S. The lowest BCUT2D eigenvalue weighted by molar-refractivity contribution is -0.143. The summed E-state index contributed by atoms with van der Waals surface area (Å²) in [5.74, 6) is 0.315. The number of hydrogen-bond acceptors (Lipinski definition) is 8. The number of carbonyl (C=O) groups is 2. The minimum Gasteiger partial charge on any atom is -0.363 e. The minimum atomic E-state index is -0.800. The van der Waals surface area contributed by atoms with Gasteiger partial charge >= 0.3 is 0 Å². The largest absolute Gasteiger partial charge is 0.363 e. The highest BCUT2D eigenvalue weighted by Crippen LogP contribution is 2.31. The van der Waals surface area contributed by atoms with Crippen LogP contribution < -0.4 is 16.4 Å². The number of halogens is 2. The molecule has 3 aliphatic rings. The predicted molar refractivity (Wildman–Crippen MR) is 163 cm³/mol. The first-order valence-corrected chi connectivity index (χ1v) is 15.6. The number of nitrogens with two attached hydrogens (primary N) is 1. The molecule has 5 N–H and O–H groups in total. The Bertz CT molecular complexity index is 1270. The molecule has 9 nitrogen and oxygen atoms in total. The predicted octanol–water partition coefficient (Wildman–Crippen LogP) is 3.32. The van der Waals surface area contributed by atoms with Gasteiger partial charge in [0.1, 0.15) is 11.9 Å². The monoisotopic (exact) mass is 618 g/mol. The van der Waals surface area contributed by atoms with Gasteiger partial charge in [-0.05, 0) is 55.4 Å². The van der Waals surface area contributed by atoms with Crippen LogP contribution in [0.25, 0.3) is 0 Å². The van der Waals surface area contributed by atoms with Crippen LogP contribution in [0.4, 0.5) is 0 Å². The molecule has 0 saturated carbocycles. The third kappa shape index (κ3) is 7.55. The van der Waals surface area contributed by atoms with Gasteiger partial charge in [0.25, 0.3) is 0 Å². The van der Waals surface area contributed by atoms with Crippen molar-refractivity contribution in [1.29, 1.82) is 0 Å². The highest BCUT2D eigenvalue weighted by molar-refractivity contribution is 7.98. The Morgan fingerprint density at radius 2 is 1.98 bits per heavy atom. The molecule has 12 heteroatoms. The van der Waals surface area contributed by atoms with Gasteiger partial charge in [-0.25, -0.2) is 0 Å². The van der Waals surface area contributed by atoms with Crippen LogP contribution >= 0.6 is 35.1 Å². The number of amides is 2. The van der Waals surface area contributed by atoms with Crippen LogP contribution in [0.15, 0.2) is 52.9 Å². The lowest BCUT2D eigenvalue weighted by Gasteiger charge is -2.32. The number of nitrogens with zero attached hydrogens (tertiary/aromatic N) is 3. The normalized spacial score (nSPS) is 25.3. The molecule has 0 bridgehead atoms. The molecule has 5 atom stereocenters. The number of aliphatic hydroxyl groups excluding tert-OH is 1. The Morgan fingerprint density at radius 1 is 1.17 bits per heavy atom. The number of aryl methyl sites for hydroxylation is 1. The molecule has 2 aromatic rings. The lowest BCUT2D eigenvalue weighted by atomic mass is 10.0. The summed E-state index contributed by atoms with van der Waals surface area (Å²) >= 11 is 13.3. The third-order valence-electron chi connectivity index (χ3n) is 8.06. The Hall–Kier alpha value is -2.34. The number of hydrogen-bond donors (Lipinski definition) is 4. The van der Waals surface area contributed by atoms with Crippen LogP contribution in [0.2, 0.25) is 10.0 Å². The van der Waals surface area contributed by atoms with E-state index >= 15 is 0 Å². The molecule has 3 heterocycles. The summed E-state index contributed by atoms with van der Waals surface area (Å²) in [5.41, 5.74) is 7.66. The van der Waals surface area contributed by atoms with E-state index in [2.05, 4.69) is 32.1 Å². The molecule has 41 heavy (non-hydrogen) atoms. The van der Waals surface area contributed by atoms with Gasteiger partial charge in [-0.1, -0.05) is 59.6 Å². The van der Waals surface area contributed by atoms with E-state index in [1.807, 2.05) is 24.3 Å². The molecule has 0 radical (unpaired) electrons. The number of aliphatic hydroxyl groups is 1. The number of rotatable bonds is 10. The van der Waals surface area contributed by atoms with E-state index in [1.54, 1.807) is 17.0 Å². The van der Waals surface area contributed by atoms with Gasteiger partial charge in [-0.15, -0.1) is 0 Å². The average Bonchev–Trinajstić information content (AvgIpc) is 3.54. The van der Waals surface area contributed by atoms with Crippen LogP contribution in [0.1, 0.15) is 43.2 Å². The van der Waals surface area contributed by atoms with E-state index in [0.717, 1.165) is 36.8 Å². The second-order valence-corrected chi connectivity index (χ2v) is 12.5. The van der Waals surface area contributed by atoms with Crippen LogP contribution in [-0.4, -0.2) is 75.4 Å². The molecule has 2 amide bonds. The van der Waals surface area contributed by atoms with Crippen molar-refractivity contribution in [3.05, 3.63) is 69.7 Å². The molecule has 5 rings (SSSR count). The standard InChI is InChI=1S/C29H36Cl2N6O3S/c30-22-9-7-19(14-23(22)31)16-33-27(38)24(10-11-26-34-29(40)41-35-26)36-13-12-21(8-6-18-4-2-1-3-5-18)37-17-20(32)15-25(37)28(36)39/h1-5,7,9,14,20-21,24-25,29,40H,6,8,10-13,15-17,32H2,(H,33,38)(H,34,35)/t20-,21?,24-,25+,29?/m1/s1. The first-order chi connectivity index (χ1) is 19.8. The van der Waals surface area contributed by atoms with Gasteiger partial charge < -0.3 is 26.4 Å². The van der Waals surface area contributed by atoms with Gasteiger partial charge in [0, 0.05) is 50.1 Å². The van der Waals surface area contributed by atoms with E-state index in [-0.39, 0.29) is 36.5 Å². The number of carbonyl (C=O) groups excluding carboxylic acids is 2. The summed E-state index contributed by atoms with van der Waals surface area (Å²) in [7, 11) is 0. The maximum Gasteiger partial charge on any atom is 0.243 e. The van der Waals surface area contributed by atoms with Crippen molar-refractivity contribution in [2.24, 2.45) is 10.1 Å². The second kappa shape index (κ2) is 13.8. The maximum absolute atomic E-state index is 14.1. The van der Waals surface area contributed by atoms with E-state index in [4.69, 9.17) is 28.9 Å². The fraction of sp³-hybridized carbons (Fsp3) is 0.483. The zero-order valence-corrected chi connectivity index (χ0v) is 25.0. The number of nitrogens with one attached hydrogen (secondary N) is 2. The summed E-state index contributed by atoms with van der Waals surface area (Å²) < 4.78 is 4.26. The van der Waals surface area contributed by atoms with Gasteiger partial charge in [-0.3, -0.25) is 14.5 Å². The summed E-state index contributed by atoms with van der Waals surface area (Å²) in [5, 5.41) is 16.6. The van der Waals surface area contributed by atoms with Crippen LogP contribution in [0.3, 0.4) is 0 Å². The molecule has 2 unspecified atom stereocenters. The van der Waals surface area contributed by atoms with E-state index in [0.29, 0.717) is 48.2 Å². The molecule has 0 aliphatic carbocycles. The second-order valence-electron chi connectivity index (χ2n) is 10.9. The Balaban J connectivity index is 1.33. The van der Waals surface area contributed by atoms with Crippen molar-refractivity contribution in [3.8, 4) is 0 Å². The zero-order chi connectivity index (χ0) is 28.9. The fourth-order valence-corrected chi connectivity index (χ4v) is 6.86. The summed E-state index contributed by atoms with van der Waals surface area (Å²) in [6.07, 6.45) is 3.95. The molecule has 2 aromatic carbocycles. The van der Waals surface area contributed by atoms with Crippen molar-refractivity contribution in [1.82, 2.24) is 20.4 Å². The number of fused-ring (bicyclic) bond motifs is 1. The number of benzene rings is 2. The summed E-state index contributed by atoms with van der Waals surface area (Å²) in [4.78, 5) is 31.8. The van der Waals surface area contributed by atoms with E-state index in [9.17, 15) is 14.7 Å².